The topological polar surface area (TPSA) is 51.5 Å². The van der Waals surface area contributed by atoms with E-state index in [0.29, 0.717) is 12.4 Å². The van der Waals surface area contributed by atoms with Crippen LogP contribution in [-0.2, 0) is 13.7 Å². The molecule has 0 saturated heterocycles. The van der Waals surface area contributed by atoms with Gasteiger partial charge in [-0.1, -0.05) is 36.4 Å². The lowest BCUT2D eigenvalue weighted by Gasteiger charge is -2.11. The highest BCUT2D eigenvalue weighted by molar-refractivity contribution is 5.98. The van der Waals surface area contributed by atoms with Crippen LogP contribution in [0.1, 0.15) is 21.6 Å². The Balaban J connectivity index is 2.03. The Bertz CT molecular complexity index is 834. The molecule has 4 heteroatoms. The van der Waals surface area contributed by atoms with Crippen molar-refractivity contribution in [2.45, 2.75) is 13.5 Å². The zero-order valence-electron chi connectivity index (χ0n) is 12.5. The first-order chi connectivity index (χ1) is 10.6. The van der Waals surface area contributed by atoms with Crippen LogP contribution in [0.25, 0.3) is 10.9 Å². The van der Waals surface area contributed by atoms with E-state index in [1.807, 2.05) is 49.4 Å². The van der Waals surface area contributed by atoms with E-state index in [0.717, 1.165) is 22.0 Å². The molecule has 2 aromatic carbocycles. The van der Waals surface area contributed by atoms with Crippen LogP contribution in [0, 0.1) is 6.92 Å². The molecule has 0 amide bonds. The van der Waals surface area contributed by atoms with Crippen molar-refractivity contribution < 1.29 is 14.6 Å². The molecule has 0 fully saturated rings. The molecule has 1 heterocycles. The van der Waals surface area contributed by atoms with Crippen LogP contribution >= 0.6 is 0 Å². The fraction of sp³-hybridized carbons (Fsp3) is 0.167. The average molecular weight is 295 g/mol. The van der Waals surface area contributed by atoms with Crippen molar-refractivity contribution in [1.29, 1.82) is 0 Å². The summed E-state index contributed by atoms with van der Waals surface area (Å²) in [4.78, 5) is 11.3. The molecule has 0 unspecified atom stereocenters. The molecule has 4 nitrogen and oxygen atoms in total. The van der Waals surface area contributed by atoms with Gasteiger partial charge >= 0.3 is 5.97 Å². The lowest BCUT2D eigenvalue weighted by molar-refractivity contribution is 0.0687. The first kappa shape index (κ1) is 14.2. The maximum atomic E-state index is 11.3. The van der Waals surface area contributed by atoms with E-state index in [1.165, 1.54) is 0 Å². The second-order valence-corrected chi connectivity index (χ2v) is 5.31. The van der Waals surface area contributed by atoms with E-state index in [4.69, 9.17) is 4.74 Å². The molecule has 3 rings (SSSR count). The van der Waals surface area contributed by atoms with Gasteiger partial charge in [0.15, 0.2) is 0 Å². The van der Waals surface area contributed by atoms with E-state index >= 15 is 0 Å². The van der Waals surface area contributed by atoms with Crippen molar-refractivity contribution >= 4 is 16.9 Å². The summed E-state index contributed by atoms with van der Waals surface area (Å²) >= 11 is 0. The van der Waals surface area contributed by atoms with Gasteiger partial charge in [-0.25, -0.2) is 4.79 Å². The van der Waals surface area contributed by atoms with Gasteiger partial charge in [-0.2, -0.15) is 0 Å². The number of aromatic carboxylic acids is 1. The van der Waals surface area contributed by atoms with Crippen molar-refractivity contribution in [3.8, 4) is 5.75 Å². The number of hydrogen-bond acceptors (Lipinski definition) is 2. The first-order valence-electron chi connectivity index (χ1n) is 7.07. The number of hydrogen-bond donors (Lipinski definition) is 1. The van der Waals surface area contributed by atoms with Crippen LogP contribution < -0.4 is 4.74 Å². The van der Waals surface area contributed by atoms with Gasteiger partial charge in [-0.3, -0.25) is 0 Å². The predicted molar refractivity (Wildman–Crippen MR) is 85.4 cm³/mol. The van der Waals surface area contributed by atoms with Crippen LogP contribution in [0.5, 0.6) is 5.75 Å². The average Bonchev–Trinajstić information content (AvgIpc) is 2.87. The third-order valence-electron chi connectivity index (χ3n) is 3.83. The van der Waals surface area contributed by atoms with Crippen LogP contribution in [0.3, 0.4) is 0 Å². The van der Waals surface area contributed by atoms with Crippen LogP contribution in [0.15, 0.2) is 48.5 Å². The Hall–Kier alpha value is -2.75. The van der Waals surface area contributed by atoms with E-state index in [-0.39, 0.29) is 5.69 Å². The number of carboxylic acid groups (broad SMARTS) is 1. The third-order valence-corrected chi connectivity index (χ3v) is 3.83. The molecule has 1 N–H and O–H groups in total. The van der Waals surface area contributed by atoms with Crippen LogP contribution in [0.2, 0.25) is 0 Å². The van der Waals surface area contributed by atoms with Gasteiger partial charge in [-0.15, -0.1) is 0 Å². The smallest absolute Gasteiger partial charge is 0.352 e. The van der Waals surface area contributed by atoms with Crippen molar-refractivity contribution in [3.05, 3.63) is 65.4 Å². The fourth-order valence-electron chi connectivity index (χ4n) is 2.63. The Morgan fingerprint density at radius 2 is 1.91 bits per heavy atom. The minimum absolute atomic E-state index is 0.258. The molecule has 0 radical (unpaired) electrons. The molecular formula is C18H17NO3. The summed E-state index contributed by atoms with van der Waals surface area (Å²) in [6, 6.07) is 15.4. The summed E-state index contributed by atoms with van der Waals surface area (Å²) in [7, 11) is 1.75. The van der Waals surface area contributed by atoms with Gasteiger partial charge in [0.25, 0.3) is 0 Å². The van der Waals surface area contributed by atoms with E-state index in [1.54, 1.807) is 17.7 Å². The number of aryl methyl sites for hydroxylation is 2. The predicted octanol–water partition coefficient (Wildman–Crippen LogP) is 3.76. The molecule has 112 valence electrons. The zero-order valence-corrected chi connectivity index (χ0v) is 12.5. The van der Waals surface area contributed by atoms with E-state index < -0.39 is 5.97 Å². The highest BCUT2D eigenvalue weighted by Gasteiger charge is 2.16. The molecule has 0 aliphatic heterocycles. The molecule has 0 aliphatic carbocycles. The van der Waals surface area contributed by atoms with Gasteiger partial charge in [0.05, 0.1) is 5.52 Å². The van der Waals surface area contributed by atoms with Crippen LogP contribution in [0.4, 0.5) is 0 Å². The highest BCUT2D eigenvalue weighted by atomic mass is 16.5. The molecule has 22 heavy (non-hydrogen) atoms. The van der Waals surface area contributed by atoms with E-state index in [2.05, 4.69) is 0 Å². The molecule has 0 spiro atoms. The minimum Gasteiger partial charge on any atom is -0.487 e. The van der Waals surface area contributed by atoms with Gasteiger partial charge in [0.2, 0.25) is 0 Å². The third kappa shape index (κ3) is 2.44. The number of aromatic nitrogens is 1. The summed E-state index contributed by atoms with van der Waals surface area (Å²) in [5.74, 6) is -0.244. The maximum Gasteiger partial charge on any atom is 0.352 e. The Morgan fingerprint density at radius 3 is 2.59 bits per heavy atom. The first-order valence-corrected chi connectivity index (χ1v) is 7.07. The quantitative estimate of drug-likeness (QED) is 0.797. The maximum absolute atomic E-state index is 11.3. The summed E-state index contributed by atoms with van der Waals surface area (Å²) < 4.78 is 7.59. The van der Waals surface area contributed by atoms with Crippen LogP contribution in [-0.4, -0.2) is 15.6 Å². The van der Waals surface area contributed by atoms with Crippen molar-refractivity contribution in [3.63, 3.8) is 0 Å². The summed E-state index contributed by atoms with van der Waals surface area (Å²) in [5, 5.41) is 10.2. The lowest BCUT2D eigenvalue weighted by atomic mass is 10.1. The summed E-state index contributed by atoms with van der Waals surface area (Å²) in [6.45, 7) is 2.42. The van der Waals surface area contributed by atoms with Gasteiger partial charge in [-0.05, 0) is 30.2 Å². The number of nitrogens with zero attached hydrogens (tertiary/aromatic N) is 1. The van der Waals surface area contributed by atoms with Gasteiger partial charge in [0, 0.05) is 12.4 Å². The molecule has 1 aromatic heterocycles. The van der Waals surface area contributed by atoms with Crippen molar-refractivity contribution in [2.24, 2.45) is 7.05 Å². The molecule has 0 bridgehead atoms. The fourth-order valence-corrected chi connectivity index (χ4v) is 2.63. The standard InChI is InChI=1S/C18H17NO3/c1-12-8-9-16(22-11-13-6-4-3-5-7-13)17-14(12)10-15(18(20)21)19(17)2/h3-10H,11H2,1-2H3,(H,20,21). The van der Waals surface area contributed by atoms with E-state index in [9.17, 15) is 9.90 Å². The number of benzene rings is 2. The Labute approximate surface area is 128 Å². The largest absolute Gasteiger partial charge is 0.487 e. The highest BCUT2D eigenvalue weighted by Crippen LogP contribution is 2.31. The van der Waals surface area contributed by atoms with Gasteiger partial charge < -0.3 is 14.4 Å². The summed E-state index contributed by atoms with van der Waals surface area (Å²) in [5.41, 5.74) is 3.18. The second-order valence-electron chi connectivity index (χ2n) is 5.31. The SMILES string of the molecule is Cc1ccc(OCc2ccccc2)c2c1cc(C(=O)O)n2C. The number of rotatable bonds is 4. The second kappa shape index (κ2) is 5.56. The summed E-state index contributed by atoms with van der Waals surface area (Å²) in [6.07, 6.45) is 0. The molecule has 0 saturated carbocycles. The number of carboxylic acids is 1. The zero-order chi connectivity index (χ0) is 15.7. The Morgan fingerprint density at radius 1 is 1.18 bits per heavy atom. The minimum atomic E-state index is -0.938. The number of ether oxygens (including phenoxy) is 1. The normalized spacial score (nSPS) is 10.8. The number of fused-ring (bicyclic) bond motifs is 1. The Kier molecular flexibility index (Phi) is 3.59. The molecule has 0 atom stereocenters. The molecule has 3 aromatic rings. The monoisotopic (exact) mass is 295 g/mol. The lowest BCUT2D eigenvalue weighted by Crippen LogP contribution is -2.04. The van der Waals surface area contributed by atoms with Crippen molar-refractivity contribution in [2.75, 3.05) is 0 Å². The molecule has 0 aliphatic rings. The molecular weight excluding hydrogens is 278 g/mol. The van der Waals surface area contributed by atoms with Gasteiger partial charge in [0.1, 0.15) is 18.1 Å². The van der Waals surface area contributed by atoms with Crippen molar-refractivity contribution in [1.82, 2.24) is 4.57 Å². The number of carbonyl (C=O) groups is 1.